The lowest BCUT2D eigenvalue weighted by Gasteiger charge is -2.04. The van der Waals surface area contributed by atoms with Crippen molar-refractivity contribution in [2.45, 2.75) is 6.92 Å². The van der Waals surface area contributed by atoms with Crippen molar-refractivity contribution in [3.63, 3.8) is 0 Å². The van der Waals surface area contributed by atoms with Gasteiger partial charge in [0.2, 0.25) is 5.69 Å². The zero-order valence-corrected chi connectivity index (χ0v) is 9.83. The second-order valence-electron chi connectivity index (χ2n) is 3.91. The molecule has 0 fully saturated rings. The molecule has 0 saturated carbocycles. The molecule has 0 aliphatic carbocycles. The maximum absolute atomic E-state index is 8.58. The van der Waals surface area contributed by atoms with Crippen molar-refractivity contribution >= 4 is 5.69 Å². The van der Waals surface area contributed by atoms with Gasteiger partial charge >= 0.3 is 0 Å². The summed E-state index contributed by atoms with van der Waals surface area (Å²) >= 11 is 0. The van der Waals surface area contributed by atoms with E-state index in [2.05, 4.69) is 10.0 Å². The Morgan fingerprint density at radius 3 is 2.76 bits per heavy atom. The summed E-state index contributed by atoms with van der Waals surface area (Å²) in [5.41, 5.74) is 12.3. The zero-order chi connectivity index (χ0) is 12.3. The first-order valence-electron chi connectivity index (χ1n) is 5.33. The quantitative estimate of drug-likeness (QED) is 0.325. The maximum atomic E-state index is 8.58. The van der Waals surface area contributed by atoms with Gasteiger partial charge in [0.1, 0.15) is 7.05 Å². The lowest BCUT2D eigenvalue weighted by molar-refractivity contribution is -0.660. The molecule has 0 bridgehead atoms. The van der Waals surface area contributed by atoms with Crippen LogP contribution in [0.15, 0.2) is 47.7 Å². The van der Waals surface area contributed by atoms with E-state index in [1.54, 1.807) is 0 Å². The number of benzene rings is 1. The Morgan fingerprint density at radius 2 is 2.06 bits per heavy atom. The third kappa shape index (κ3) is 2.27. The first-order valence-corrected chi connectivity index (χ1v) is 5.33. The van der Waals surface area contributed by atoms with Crippen LogP contribution in [-0.2, 0) is 7.05 Å². The third-order valence-electron chi connectivity index (χ3n) is 2.64. The first kappa shape index (κ1) is 11.2. The second-order valence-corrected chi connectivity index (χ2v) is 3.91. The lowest BCUT2D eigenvalue weighted by atomic mass is 10.1. The zero-order valence-electron chi connectivity index (χ0n) is 9.83. The SMILES string of the molecule is Cc1ccc(N=[N+]=[N-])c(-c2cccc[n+]2C)c1. The molecule has 0 aliphatic rings. The van der Waals surface area contributed by atoms with Crippen LogP contribution in [0.3, 0.4) is 0 Å². The topological polar surface area (TPSA) is 52.6 Å². The Kier molecular flexibility index (Phi) is 3.08. The van der Waals surface area contributed by atoms with Crippen molar-refractivity contribution in [2.75, 3.05) is 0 Å². The molecule has 1 aromatic carbocycles. The highest BCUT2D eigenvalue weighted by atomic mass is 15.1. The van der Waals surface area contributed by atoms with Crippen LogP contribution in [0.2, 0.25) is 0 Å². The average Bonchev–Trinajstić information content (AvgIpc) is 2.32. The number of hydrogen-bond acceptors (Lipinski definition) is 1. The van der Waals surface area contributed by atoms with Gasteiger partial charge in [-0.15, -0.1) is 0 Å². The Labute approximate surface area is 99.8 Å². The van der Waals surface area contributed by atoms with E-state index in [0.29, 0.717) is 5.69 Å². The average molecular weight is 225 g/mol. The van der Waals surface area contributed by atoms with E-state index in [4.69, 9.17) is 5.53 Å². The van der Waals surface area contributed by atoms with E-state index in [9.17, 15) is 0 Å². The summed E-state index contributed by atoms with van der Waals surface area (Å²) in [5, 5.41) is 3.73. The molecule has 1 heterocycles. The maximum Gasteiger partial charge on any atom is 0.212 e. The standard InChI is InChI=1S/C13H13N4/c1-10-6-7-12(15-16-14)11(9-10)13-5-3-4-8-17(13)2/h3-9H,1-2H3/q+1. The molecule has 0 spiro atoms. The van der Waals surface area contributed by atoms with E-state index in [-0.39, 0.29) is 0 Å². The van der Waals surface area contributed by atoms with Crippen LogP contribution in [0.25, 0.3) is 21.7 Å². The van der Waals surface area contributed by atoms with Crippen molar-refractivity contribution < 1.29 is 4.57 Å². The summed E-state index contributed by atoms with van der Waals surface area (Å²) in [5.74, 6) is 0. The summed E-state index contributed by atoms with van der Waals surface area (Å²) < 4.78 is 2.01. The van der Waals surface area contributed by atoms with Crippen LogP contribution in [0.1, 0.15) is 5.56 Å². The molecule has 1 aromatic heterocycles. The fourth-order valence-electron chi connectivity index (χ4n) is 1.79. The fraction of sp³-hybridized carbons (Fsp3) is 0.154. The highest BCUT2D eigenvalue weighted by Gasteiger charge is 2.12. The number of hydrogen-bond donors (Lipinski definition) is 0. The minimum atomic E-state index is 0.653. The molecule has 0 radical (unpaired) electrons. The van der Waals surface area contributed by atoms with E-state index in [1.165, 1.54) is 0 Å². The van der Waals surface area contributed by atoms with Crippen molar-refractivity contribution in [3.05, 3.63) is 58.6 Å². The van der Waals surface area contributed by atoms with Gasteiger partial charge < -0.3 is 0 Å². The van der Waals surface area contributed by atoms with Crippen LogP contribution in [0.4, 0.5) is 5.69 Å². The fourth-order valence-corrected chi connectivity index (χ4v) is 1.79. The van der Waals surface area contributed by atoms with Crippen LogP contribution >= 0.6 is 0 Å². The molecular formula is C13H13N4+. The van der Waals surface area contributed by atoms with Gasteiger partial charge in [0, 0.05) is 17.0 Å². The Morgan fingerprint density at radius 1 is 1.24 bits per heavy atom. The Balaban J connectivity index is 2.69. The van der Waals surface area contributed by atoms with Gasteiger partial charge in [0.15, 0.2) is 6.20 Å². The molecule has 0 amide bonds. The number of aromatic nitrogens is 1. The van der Waals surface area contributed by atoms with Crippen molar-refractivity contribution in [2.24, 2.45) is 12.2 Å². The molecule has 17 heavy (non-hydrogen) atoms. The molecule has 4 heteroatoms. The van der Waals surface area contributed by atoms with Gasteiger partial charge in [-0.2, -0.15) is 0 Å². The summed E-state index contributed by atoms with van der Waals surface area (Å²) in [7, 11) is 1.97. The Hall–Kier alpha value is -2.32. The van der Waals surface area contributed by atoms with Gasteiger partial charge in [-0.3, -0.25) is 0 Å². The van der Waals surface area contributed by atoms with E-state index < -0.39 is 0 Å². The van der Waals surface area contributed by atoms with Crippen LogP contribution in [0.5, 0.6) is 0 Å². The van der Waals surface area contributed by atoms with E-state index >= 15 is 0 Å². The largest absolute Gasteiger partial charge is 0.212 e. The summed E-state index contributed by atoms with van der Waals surface area (Å²) in [6.07, 6.45) is 1.97. The smallest absolute Gasteiger partial charge is 0.201 e. The molecule has 0 aliphatic heterocycles. The molecule has 2 aromatic rings. The van der Waals surface area contributed by atoms with E-state index in [1.807, 2.05) is 61.1 Å². The number of azide groups is 1. The molecule has 0 N–H and O–H groups in total. The highest BCUT2D eigenvalue weighted by molar-refractivity contribution is 5.72. The molecule has 2 rings (SSSR count). The molecule has 0 unspecified atom stereocenters. The number of pyridine rings is 1. The van der Waals surface area contributed by atoms with E-state index in [0.717, 1.165) is 16.8 Å². The van der Waals surface area contributed by atoms with Crippen LogP contribution in [0, 0.1) is 6.92 Å². The van der Waals surface area contributed by atoms with Crippen molar-refractivity contribution in [1.29, 1.82) is 0 Å². The predicted octanol–water partition coefficient (Wildman–Crippen LogP) is 3.43. The molecule has 0 saturated heterocycles. The van der Waals surface area contributed by atoms with Crippen molar-refractivity contribution in [3.8, 4) is 11.3 Å². The number of nitrogens with zero attached hydrogens (tertiary/aromatic N) is 4. The molecular weight excluding hydrogens is 212 g/mol. The van der Waals surface area contributed by atoms with Crippen LogP contribution in [-0.4, -0.2) is 0 Å². The number of aryl methyl sites for hydroxylation is 2. The normalized spacial score (nSPS) is 9.76. The second kappa shape index (κ2) is 4.68. The lowest BCUT2D eigenvalue weighted by Crippen LogP contribution is -2.29. The molecule has 4 nitrogen and oxygen atoms in total. The van der Waals surface area contributed by atoms with Gasteiger partial charge in [-0.25, -0.2) is 4.57 Å². The minimum Gasteiger partial charge on any atom is -0.201 e. The third-order valence-corrected chi connectivity index (χ3v) is 2.64. The van der Waals surface area contributed by atoms with Gasteiger partial charge in [0.25, 0.3) is 0 Å². The molecule has 0 atom stereocenters. The number of rotatable bonds is 2. The van der Waals surface area contributed by atoms with Crippen LogP contribution < -0.4 is 4.57 Å². The monoisotopic (exact) mass is 225 g/mol. The summed E-state index contributed by atoms with van der Waals surface area (Å²) in [4.78, 5) is 2.87. The first-order chi connectivity index (χ1) is 8.22. The van der Waals surface area contributed by atoms with Gasteiger partial charge in [-0.1, -0.05) is 22.8 Å². The highest BCUT2D eigenvalue weighted by Crippen LogP contribution is 2.29. The Bertz CT molecular complexity index is 598. The molecule has 84 valence electrons. The summed E-state index contributed by atoms with van der Waals surface area (Å²) in [6, 6.07) is 11.8. The predicted molar refractivity (Wildman–Crippen MR) is 66.6 cm³/mol. The van der Waals surface area contributed by atoms with Gasteiger partial charge in [0.05, 0.1) is 11.3 Å². The summed E-state index contributed by atoms with van der Waals surface area (Å²) in [6.45, 7) is 2.02. The van der Waals surface area contributed by atoms with Crippen molar-refractivity contribution in [1.82, 2.24) is 0 Å². The van der Waals surface area contributed by atoms with Gasteiger partial charge in [-0.05, 0) is 24.6 Å². The minimum absolute atomic E-state index is 0.653.